The Balaban J connectivity index is 1.30. The molecule has 208 valence electrons. The molecule has 3 aromatic carbocycles. The Morgan fingerprint density at radius 2 is 1.80 bits per heavy atom. The third kappa shape index (κ3) is 7.07. The number of benzene rings is 3. The number of aromatic nitrogens is 1. The number of rotatable bonds is 9. The molecule has 1 amide bonds. The fourth-order valence-corrected chi connectivity index (χ4v) is 6.48. The summed E-state index contributed by atoms with van der Waals surface area (Å²) in [4.78, 5) is 28.2. The van der Waals surface area contributed by atoms with Crippen LogP contribution in [-0.4, -0.2) is 39.9 Å². The molecule has 0 saturated carbocycles. The molecule has 5 rings (SSSR count). The van der Waals surface area contributed by atoms with Gasteiger partial charge in [-0.2, -0.15) is 0 Å². The van der Waals surface area contributed by atoms with E-state index in [1.165, 1.54) is 13.8 Å². The molecule has 2 N–H and O–H groups in total. The van der Waals surface area contributed by atoms with Gasteiger partial charge in [0.1, 0.15) is 0 Å². The number of nitrogens with zero attached hydrogens (tertiary/aromatic N) is 1. The van der Waals surface area contributed by atoms with Gasteiger partial charge in [0, 0.05) is 30.3 Å². The zero-order chi connectivity index (χ0) is 28.1. The third-order valence-corrected chi connectivity index (χ3v) is 8.76. The maximum atomic E-state index is 12.3. The predicted octanol–water partition coefficient (Wildman–Crippen LogP) is 6.02. The average molecular weight is 579 g/mol. The number of amides is 1. The highest BCUT2D eigenvalue weighted by Crippen LogP contribution is 2.40. The third-order valence-electron chi connectivity index (χ3n) is 6.44. The Bertz CT molecular complexity index is 1420. The highest BCUT2D eigenvalue weighted by molar-refractivity contribution is 8.01. The van der Waals surface area contributed by atoms with Crippen LogP contribution in [0.3, 0.4) is 0 Å². The Labute approximate surface area is 240 Å². The van der Waals surface area contributed by atoms with Crippen molar-refractivity contribution in [1.29, 1.82) is 0 Å². The molecule has 10 heteroatoms. The molecular weight excluding hydrogens is 548 g/mol. The summed E-state index contributed by atoms with van der Waals surface area (Å²) < 4.78 is 19.9. The minimum absolute atomic E-state index is 0.0124. The lowest BCUT2D eigenvalue weighted by atomic mass is 10.0. The molecule has 4 aromatic rings. The van der Waals surface area contributed by atoms with E-state index in [2.05, 4.69) is 11.4 Å². The van der Waals surface area contributed by atoms with Gasteiger partial charge >= 0.3 is 5.97 Å². The van der Waals surface area contributed by atoms with Crippen molar-refractivity contribution in [3.8, 4) is 0 Å². The number of thiazole rings is 1. The van der Waals surface area contributed by atoms with E-state index >= 15 is 0 Å². The molecule has 0 radical (unpaired) electrons. The topological polar surface area (TPSA) is 107 Å². The summed E-state index contributed by atoms with van der Waals surface area (Å²) in [5, 5.41) is 12.2. The lowest BCUT2D eigenvalue weighted by Gasteiger charge is -2.36. The van der Waals surface area contributed by atoms with Gasteiger partial charge in [-0.25, -0.2) is 4.98 Å². The smallest absolute Gasteiger partial charge is 0.303 e. The lowest BCUT2D eigenvalue weighted by Crippen LogP contribution is -2.31. The van der Waals surface area contributed by atoms with Crippen LogP contribution in [0, 0.1) is 0 Å². The van der Waals surface area contributed by atoms with E-state index in [1.807, 2.05) is 54.6 Å². The summed E-state index contributed by atoms with van der Waals surface area (Å²) in [5.74, 6) is -0.208. The van der Waals surface area contributed by atoms with Gasteiger partial charge in [-0.1, -0.05) is 60.3 Å². The van der Waals surface area contributed by atoms with Gasteiger partial charge in [0.15, 0.2) is 16.7 Å². The van der Waals surface area contributed by atoms with E-state index < -0.39 is 24.3 Å². The molecule has 1 aliphatic rings. The Morgan fingerprint density at radius 3 is 2.50 bits per heavy atom. The molecule has 4 atom stereocenters. The van der Waals surface area contributed by atoms with Crippen LogP contribution < -0.4 is 5.32 Å². The van der Waals surface area contributed by atoms with E-state index in [9.17, 15) is 14.7 Å². The number of ether oxygens (including phenoxy) is 3. The van der Waals surface area contributed by atoms with E-state index in [4.69, 9.17) is 19.2 Å². The minimum atomic E-state index is -0.895. The van der Waals surface area contributed by atoms with Crippen LogP contribution in [0.5, 0.6) is 0 Å². The standard InChI is InChI=1S/C30H30N2O6S2/c1-18(36-19(2)34)28(35)31-23-13-11-22(12-14-23)29-37-24(15-26(38-29)21-9-7-20(16-33)8-10-21)17-39-30-32-25-5-3-4-6-27(25)40-30/h3-14,18,24,26,29,33H,15-17H2,1-2H3,(H,31,35). The number of fused-ring (bicyclic) bond motifs is 1. The lowest BCUT2D eigenvalue weighted by molar-refractivity contribution is -0.245. The number of carbonyl (C=O) groups is 2. The number of esters is 1. The van der Waals surface area contributed by atoms with E-state index in [1.54, 1.807) is 35.2 Å². The maximum absolute atomic E-state index is 12.3. The summed E-state index contributed by atoms with van der Waals surface area (Å²) >= 11 is 3.35. The summed E-state index contributed by atoms with van der Waals surface area (Å²) in [6, 6.07) is 23.1. The van der Waals surface area contributed by atoms with Crippen molar-refractivity contribution in [3.63, 3.8) is 0 Å². The van der Waals surface area contributed by atoms with Gasteiger partial charge in [-0.3, -0.25) is 9.59 Å². The summed E-state index contributed by atoms with van der Waals surface area (Å²) in [5.41, 5.74) is 4.25. The number of carbonyl (C=O) groups excluding carboxylic acids is 2. The van der Waals surface area contributed by atoms with Crippen LogP contribution in [0.1, 0.15) is 49.4 Å². The normalized spacial score (nSPS) is 19.7. The van der Waals surface area contributed by atoms with Crippen molar-refractivity contribution < 1.29 is 28.9 Å². The molecule has 1 aliphatic heterocycles. The largest absolute Gasteiger partial charge is 0.453 e. The van der Waals surface area contributed by atoms with Crippen LogP contribution in [0.25, 0.3) is 10.2 Å². The second-order valence-corrected chi connectivity index (χ2v) is 11.8. The van der Waals surface area contributed by atoms with Crippen molar-refractivity contribution >= 4 is 50.9 Å². The van der Waals surface area contributed by atoms with Crippen LogP contribution in [-0.2, 0) is 30.4 Å². The number of aliphatic hydroxyl groups is 1. The quantitative estimate of drug-likeness (QED) is 0.184. The van der Waals surface area contributed by atoms with Gasteiger partial charge < -0.3 is 24.6 Å². The fraction of sp³-hybridized carbons (Fsp3) is 0.300. The highest BCUT2D eigenvalue weighted by atomic mass is 32.2. The molecule has 0 aliphatic carbocycles. The van der Waals surface area contributed by atoms with Crippen LogP contribution >= 0.6 is 23.1 Å². The van der Waals surface area contributed by atoms with E-state index in [0.29, 0.717) is 17.9 Å². The summed E-state index contributed by atoms with van der Waals surface area (Å²) in [7, 11) is 0. The van der Waals surface area contributed by atoms with E-state index in [-0.39, 0.29) is 18.8 Å². The van der Waals surface area contributed by atoms with Crippen molar-refractivity contribution in [3.05, 3.63) is 89.5 Å². The van der Waals surface area contributed by atoms with E-state index in [0.717, 1.165) is 31.2 Å². The van der Waals surface area contributed by atoms with Gasteiger partial charge in [0.05, 0.1) is 29.0 Å². The number of hydrogen-bond acceptors (Lipinski definition) is 9. The van der Waals surface area contributed by atoms with Gasteiger partial charge in [0.2, 0.25) is 0 Å². The molecule has 1 fully saturated rings. The second kappa shape index (κ2) is 12.9. The minimum Gasteiger partial charge on any atom is -0.453 e. The molecule has 4 unspecified atom stereocenters. The first-order chi connectivity index (χ1) is 19.4. The molecule has 40 heavy (non-hydrogen) atoms. The molecule has 0 spiro atoms. The number of anilines is 1. The first-order valence-corrected chi connectivity index (χ1v) is 14.7. The molecular formula is C30H30N2O6S2. The SMILES string of the molecule is CC(=O)OC(C)C(=O)Nc1ccc(C2OC(CSc3nc4ccccc4s3)CC(c3ccc(CO)cc3)O2)cc1. The van der Waals surface area contributed by atoms with Crippen LogP contribution in [0.15, 0.2) is 77.1 Å². The number of nitrogens with one attached hydrogen (secondary N) is 1. The molecule has 1 saturated heterocycles. The predicted molar refractivity (Wildman–Crippen MR) is 155 cm³/mol. The molecule has 2 heterocycles. The zero-order valence-corrected chi connectivity index (χ0v) is 23.7. The monoisotopic (exact) mass is 578 g/mol. The fourth-order valence-electron chi connectivity index (χ4n) is 4.37. The first-order valence-electron chi connectivity index (χ1n) is 12.9. The highest BCUT2D eigenvalue weighted by Gasteiger charge is 2.32. The first kappa shape index (κ1) is 28.3. The van der Waals surface area contributed by atoms with Crippen molar-refractivity contribution in [2.24, 2.45) is 0 Å². The molecule has 0 bridgehead atoms. The number of hydrogen-bond donors (Lipinski definition) is 2. The summed E-state index contributed by atoms with van der Waals surface area (Å²) in [6.07, 6.45) is -1.12. The van der Waals surface area contributed by atoms with Gasteiger partial charge in [-0.15, -0.1) is 11.3 Å². The number of para-hydroxylation sites is 1. The Kier molecular flexibility index (Phi) is 9.13. The Hall–Kier alpha value is -3.28. The maximum Gasteiger partial charge on any atom is 0.303 e. The van der Waals surface area contributed by atoms with Crippen LogP contribution in [0.2, 0.25) is 0 Å². The molecule has 1 aromatic heterocycles. The van der Waals surface area contributed by atoms with Crippen molar-refractivity contribution in [1.82, 2.24) is 4.98 Å². The number of aliphatic hydroxyl groups excluding tert-OH is 1. The zero-order valence-electron chi connectivity index (χ0n) is 22.1. The average Bonchev–Trinajstić information content (AvgIpc) is 3.39. The Morgan fingerprint density at radius 1 is 1.07 bits per heavy atom. The molecule has 8 nitrogen and oxygen atoms in total. The summed E-state index contributed by atoms with van der Waals surface area (Å²) in [6.45, 7) is 2.78. The van der Waals surface area contributed by atoms with Crippen LogP contribution in [0.4, 0.5) is 5.69 Å². The number of thioether (sulfide) groups is 1. The van der Waals surface area contributed by atoms with Crippen molar-refractivity contribution in [2.75, 3.05) is 11.1 Å². The van der Waals surface area contributed by atoms with Gasteiger partial charge in [-0.05, 0) is 42.3 Å². The van der Waals surface area contributed by atoms with Crippen molar-refractivity contribution in [2.45, 2.75) is 55.8 Å². The second-order valence-electron chi connectivity index (χ2n) is 9.47. The van der Waals surface area contributed by atoms with Gasteiger partial charge in [0.25, 0.3) is 5.91 Å².